The first-order chi connectivity index (χ1) is 6.57. The van der Waals surface area contributed by atoms with Crippen LogP contribution >= 0.6 is 0 Å². The van der Waals surface area contributed by atoms with Crippen molar-refractivity contribution in [3.05, 3.63) is 0 Å². The van der Waals surface area contributed by atoms with Crippen molar-refractivity contribution in [2.75, 3.05) is 26.2 Å². The Balaban J connectivity index is 2.33. The van der Waals surface area contributed by atoms with Crippen LogP contribution in [0.25, 0.3) is 0 Å². The van der Waals surface area contributed by atoms with Gasteiger partial charge in [0.2, 0.25) is 0 Å². The first-order valence-corrected chi connectivity index (χ1v) is 4.84. The van der Waals surface area contributed by atoms with Gasteiger partial charge in [-0.25, -0.2) is 8.78 Å². The molecule has 0 aromatic carbocycles. The molecule has 1 aliphatic heterocycles. The van der Waals surface area contributed by atoms with Crippen LogP contribution in [0.5, 0.6) is 0 Å². The summed E-state index contributed by atoms with van der Waals surface area (Å²) in [5.41, 5.74) is 4.97. The van der Waals surface area contributed by atoms with Crippen LogP contribution in [0.2, 0.25) is 0 Å². The fraction of sp³-hybridized carbons (Fsp3) is 0.800. The highest BCUT2D eigenvalue weighted by atomic mass is 19.3. The molecule has 14 heavy (non-hydrogen) atoms. The van der Waals surface area contributed by atoms with Gasteiger partial charge in [0.15, 0.2) is 0 Å². The molecule has 1 fully saturated rings. The predicted molar refractivity (Wildman–Crippen MR) is 52.0 cm³/mol. The smallest absolute Gasteiger partial charge is 0.272 e. The van der Waals surface area contributed by atoms with E-state index in [9.17, 15) is 8.78 Å². The zero-order valence-electron chi connectivity index (χ0n) is 8.18. The monoisotopic (exact) mass is 202 g/mol. The van der Waals surface area contributed by atoms with Gasteiger partial charge < -0.3 is 5.73 Å². The van der Waals surface area contributed by atoms with Crippen LogP contribution in [0.15, 0.2) is 0 Å². The van der Waals surface area contributed by atoms with E-state index < -0.39 is 12.5 Å². The lowest BCUT2D eigenvalue weighted by Crippen LogP contribution is -2.44. The Labute approximate surface area is 83.4 Å². The van der Waals surface area contributed by atoms with Crippen LogP contribution in [0.3, 0.4) is 0 Å². The maximum absolute atomic E-state index is 12.9. The van der Waals surface area contributed by atoms with E-state index in [0.29, 0.717) is 13.1 Å². The quantitative estimate of drug-likeness (QED) is 0.690. The number of alkyl halides is 2. The van der Waals surface area contributed by atoms with Crippen molar-refractivity contribution in [2.24, 2.45) is 11.7 Å². The van der Waals surface area contributed by atoms with Crippen molar-refractivity contribution in [1.82, 2.24) is 4.90 Å². The van der Waals surface area contributed by atoms with Crippen molar-refractivity contribution >= 4 is 0 Å². The number of piperidine rings is 1. The van der Waals surface area contributed by atoms with Gasteiger partial charge in [-0.1, -0.05) is 0 Å². The van der Waals surface area contributed by atoms with Crippen LogP contribution in [0, 0.1) is 18.3 Å². The van der Waals surface area contributed by atoms with E-state index in [1.165, 1.54) is 0 Å². The molecule has 0 bridgehead atoms. The molecule has 0 atom stereocenters. The van der Waals surface area contributed by atoms with E-state index in [-0.39, 0.29) is 12.5 Å². The van der Waals surface area contributed by atoms with Gasteiger partial charge in [0.05, 0.1) is 13.1 Å². The summed E-state index contributed by atoms with van der Waals surface area (Å²) < 4.78 is 25.8. The minimum atomic E-state index is -2.76. The second-order valence-corrected chi connectivity index (χ2v) is 3.78. The maximum Gasteiger partial charge on any atom is 0.272 e. The molecule has 0 saturated carbocycles. The highest BCUT2D eigenvalue weighted by Gasteiger charge is 2.31. The van der Waals surface area contributed by atoms with Crippen LogP contribution < -0.4 is 5.73 Å². The molecule has 80 valence electrons. The Kier molecular flexibility index (Phi) is 3.85. The summed E-state index contributed by atoms with van der Waals surface area (Å²) in [6.07, 6.45) is 6.90. The molecule has 2 nitrogen and oxygen atoms in total. The predicted octanol–water partition coefficient (Wildman–Crippen LogP) is 0.926. The zero-order chi connectivity index (χ0) is 10.6. The number of terminal acetylenes is 1. The van der Waals surface area contributed by atoms with E-state index in [4.69, 9.17) is 12.2 Å². The first-order valence-electron chi connectivity index (χ1n) is 4.84. The lowest BCUT2D eigenvalue weighted by atomic mass is 9.98. The molecular weight excluding hydrogens is 186 g/mol. The van der Waals surface area contributed by atoms with E-state index in [2.05, 4.69) is 5.92 Å². The topological polar surface area (TPSA) is 29.3 Å². The average molecular weight is 202 g/mol. The van der Waals surface area contributed by atoms with Crippen molar-refractivity contribution in [2.45, 2.75) is 18.8 Å². The SMILES string of the molecule is C#CC1CCN(CC(F)(F)CN)CC1. The first kappa shape index (κ1) is 11.4. The van der Waals surface area contributed by atoms with Crippen molar-refractivity contribution in [1.29, 1.82) is 0 Å². The molecule has 1 rings (SSSR count). The van der Waals surface area contributed by atoms with Gasteiger partial charge in [-0.2, -0.15) is 0 Å². The van der Waals surface area contributed by atoms with Crippen molar-refractivity contribution in [3.63, 3.8) is 0 Å². The molecule has 4 heteroatoms. The minimum Gasteiger partial charge on any atom is -0.325 e. The maximum atomic E-state index is 12.9. The number of hydrogen-bond donors (Lipinski definition) is 1. The molecule has 0 radical (unpaired) electrons. The van der Waals surface area contributed by atoms with Crippen LogP contribution in [0.4, 0.5) is 8.78 Å². The van der Waals surface area contributed by atoms with E-state index in [1.807, 2.05) is 0 Å². The van der Waals surface area contributed by atoms with E-state index in [1.54, 1.807) is 4.90 Å². The second-order valence-electron chi connectivity index (χ2n) is 3.78. The third-order valence-corrected chi connectivity index (χ3v) is 2.58. The van der Waals surface area contributed by atoms with E-state index >= 15 is 0 Å². The number of rotatable bonds is 3. The van der Waals surface area contributed by atoms with Gasteiger partial charge in [-0.3, -0.25) is 4.90 Å². The van der Waals surface area contributed by atoms with Gasteiger partial charge in [0, 0.05) is 5.92 Å². The van der Waals surface area contributed by atoms with Gasteiger partial charge in [0.25, 0.3) is 5.92 Å². The summed E-state index contributed by atoms with van der Waals surface area (Å²) in [5.74, 6) is 0.163. The molecule has 0 aliphatic carbocycles. The summed E-state index contributed by atoms with van der Waals surface area (Å²) in [6, 6.07) is 0. The van der Waals surface area contributed by atoms with Crippen molar-refractivity contribution in [3.8, 4) is 12.3 Å². The molecular formula is C10H16F2N2. The third kappa shape index (κ3) is 3.24. The van der Waals surface area contributed by atoms with Crippen molar-refractivity contribution < 1.29 is 8.78 Å². The lowest BCUT2D eigenvalue weighted by molar-refractivity contribution is -0.0291. The second kappa shape index (κ2) is 4.72. The molecule has 0 amide bonds. The zero-order valence-corrected chi connectivity index (χ0v) is 8.18. The largest absolute Gasteiger partial charge is 0.325 e. The molecule has 2 N–H and O–H groups in total. The summed E-state index contributed by atoms with van der Waals surface area (Å²) in [4.78, 5) is 1.74. The molecule has 0 aromatic heterocycles. The van der Waals surface area contributed by atoms with Gasteiger partial charge in [-0.15, -0.1) is 12.3 Å². The molecule has 0 spiro atoms. The summed E-state index contributed by atoms with van der Waals surface area (Å²) >= 11 is 0. The van der Waals surface area contributed by atoms with E-state index in [0.717, 1.165) is 12.8 Å². The number of halogens is 2. The number of hydrogen-bond acceptors (Lipinski definition) is 2. The normalized spacial score (nSPS) is 20.7. The highest BCUT2D eigenvalue weighted by molar-refractivity contribution is 4.95. The molecule has 1 saturated heterocycles. The molecule has 0 aromatic rings. The van der Waals surface area contributed by atoms with Crippen LogP contribution in [-0.2, 0) is 0 Å². The van der Waals surface area contributed by atoms with Crippen LogP contribution in [-0.4, -0.2) is 37.0 Å². The fourth-order valence-corrected chi connectivity index (χ4v) is 1.65. The Morgan fingerprint density at radius 3 is 2.43 bits per heavy atom. The van der Waals surface area contributed by atoms with Gasteiger partial charge >= 0.3 is 0 Å². The Morgan fingerprint density at radius 1 is 1.43 bits per heavy atom. The Bertz CT molecular complexity index is 215. The molecule has 0 unspecified atom stereocenters. The number of nitrogens with two attached hydrogens (primary N) is 1. The summed E-state index contributed by atoms with van der Waals surface area (Å²) in [5, 5.41) is 0. The number of nitrogens with zero attached hydrogens (tertiary/aromatic N) is 1. The average Bonchev–Trinajstić information content (AvgIpc) is 2.19. The Morgan fingerprint density at radius 2 is 2.00 bits per heavy atom. The lowest BCUT2D eigenvalue weighted by Gasteiger charge is -2.32. The fourth-order valence-electron chi connectivity index (χ4n) is 1.65. The summed E-state index contributed by atoms with van der Waals surface area (Å²) in [6.45, 7) is 0.498. The minimum absolute atomic E-state index is 0.235. The van der Waals surface area contributed by atoms with Gasteiger partial charge in [0.1, 0.15) is 0 Å². The molecule has 1 heterocycles. The number of likely N-dealkylation sites (tertiary alicyclic amines) is 1. The Hall–Kier alpha value is -0.660. The van der Waals surface area contributed by atoms with Crippen LogP contribution in [0.1, 0.15) is 12.8 Å². The highest BCUT2D eigenvalue weighted by Crippen LogP contribution is 2.20. The summed E-state index contributed by atoms with van der Waals surface area (Å²) in [7, 11) is 0. The standard InChI is InChI=1S/C10H16F2N2/c1-2-9-3-5-14(6-4-9)8-10(11,12)7-13/h1,9H,3-8,13H2. The molecule has 1 aliphatic rings. The van der Waals surface area contributed by atoms with Gasteiger partial charge in [-0.05, 0) is 25.9 Å². The third-order valence-electron chi connectivity index (χ3n) is 2.58.